The Hall–Kier alpha value is -2.14. The van der Waals surface area contributed by atoms with Crippen molar-refractivity contribution in [2.75, 3.05) is 49.5 Å². The van der Waals surface area contributed by atoms with Gasteiger partial charge in [-0.05, 0) is 12.5 Å². The van der Waals surface area contributed by atoms with Crippen LogP contribution in [0.4, 0.5) is 11.8 Å². The van der Waals surface area contributed by atoms with E-state index in [0.29, 0.717) is 5.92 Å². The van der Waals surface area contributed by atoms with Crippen LogP contribution in [0.25, 0.3) is 11.3 Å². The molecule has 1 N–H and O–H groups in total. The molecule has 0 spiro atoms. The number of benzene rings is 1. The van der Waals surface area contributed by atoms with Crippen molar-refractivity contribution >= 4 is 11.8 Å². The van der Waals surface area contributed by atoms with Crippen molar-refractivity contribution in [3.8, 4) is 11.3 Å². The maximum absolute atomic E-state index is 4.79. The minimum Gasteiger partial charge on any atom is -0.354 e. The van der Waals surface area contributed by atoms with Crippen molar-refractivity contribution in [2.45, 2.75) is 20.8 Å². The van der Waals surface area contributed by atoms with Gasteiger partial charge in [-0.25, -0.2) is 4.98 Å². The van der Waals surface area contributed by atoms with Crippen LogP contribution in [0.3, 0.4) is 0 Å². The van der Waals surface area contributed by atoms with E-state index in [9.17, 15) is 0 Å². The van der Waals surface area contributed by atoms with E-state index in [1.165, 1.54) is 0 Å². The smallest absolute Gasteiger partial charge is 0.225 e. The van der Waals surface area contributed by atoms with Crippen molar-refractivity contribution in [3.05, 3.63) is 36.4 Å². The van der Waals surface area contributed by atoms with E-state index in [1.54, 1.807) is 0 Å². The predicted molar refractivity (Wildman–Crippen MR) is 105 cm³/mol. The molecule has 2 aromatic rings. The van der Waals surface area contributed by atoms with Crippen molar-refractivity contribution in [1.82, 2.24) is 14.9 Å². The van der Waals surface area contributed by atoms with Gasteiger partial charge in [-0.15, -0.1) is 0 Å². The first-order valence-corrected chi connectivity index (χ1v) is 9.31. The molecule has 0 saturated carbocycles. The summed E-state index contributed by atoms with van der Waals surface area (Å²) in [6, 6.07) is 12.5. The van der Waals surface area contributed by atoms with Crippen LogP contribution in [0.2, 0.25) is 0 Å². The molecule has 0 atom stereocenters. The first-order valence-electron chi connectivity index (χ1n) is 9.31. The molecule has 1 aliphatic heterocycles. The maximum atomic E-state index is 4.79. The Morgan fingerprint density at radius 1 is 1.04 bits per heavy atom. The van der Waals surface area contributed by atoms with E-state index in [0.717, 1.165) is 62.3 Å². The van der Waals surface area contributed by atoms with Gasteiger partial charge in [-0.3, -0.25) is 0 Å². The van der Waals surface area contributed by atoms with Gasteiger partial charge in [-0.2, -0.15) is 4.98 Å². The monoisotopic (exact) mass is 339 g/mol. The first kappa shape index (κ1) is 17.7. The molecule has 1 fully saturated rings. The third-order valence-electron chi connectivity index (χ3n) is 4.59. The summed E-state index contributed by atoms with van der Waals surface area (Å²) >= 11 is 0. The SMILES string of the molecule is CCN1CCN(c2cc(-c3ccccc3)nc(NCC(C)C)n2)CC1. The zero-order valence-electron chi connectivity index (χ0n) is 15.6. The Morgan fingerprint density at radius 3 is 2.40 bits per heavy atom. The van der Waals surface area contributed by atoms with Crippen molar-refractivity contribution in [2.24, 2.45) is 5.92 Å². The summed E-state index contributed by atoms with van der Waals surface area (Å²) in [7, 11) is 0. The lowest BCUT2D eigenvalue weighted by Gasteiger charge is -2.35. The molecule has 0 aliphatic carbocycles. The average molecular weight is 339 g/mol. The van der Waals surface area contributed by atoms with E-state index < -0.39 is 0 Å². The molecule has 0 unspecified atom stereocenters. The van der Waals surface area contributed by atoms with E-state index in [4.69, 9.17) is 9.97 Å². The first-order chi connectivity index (χ1) is 12.2. The third kappa shape index (κ3) is 4.69. The number of rotatable bonds is 6. The lowest BCUT2D eigenvalue weighted by Crippen LogP contribution is -2.46. The van der Waals surface area contributed by atoms with Gasteiger partial charge in [0.2, 0.25) is 5.95 Å². The van der Waals surface area contributed by atoms with E-state index in [1.807, 2.05) is 6.07 Å². The second-order valence-corrected chi connectivity index (χ2v) is 7.00. The Morgan fingerprint density at radius 2 is 1.76 bits per heavy atom. The molecule has 25 heavy (non-hydrogen) atoms. The van der Waals surface area contributed by atoms with Gasteiger partial charge in [0.1, 0.15) is 5.82 Å². The highest BCUT2D eigenvalue weighted by Crippen LogP contribution is 2.24. The molecule has 0 radical (unpaired) electrons. The van der Waals surface area contributed by atoms with Crippen LogP contribution in [0.15, 0.2) is 36.4 Å². The number of hydrogen-bond acceptors (Lipinski definition) is 5. The standard InChI is InChI=1S/C20H29N5/c1-4-24-10-12-25(13-11-24)19-14-18(17-8-6-5-7-9-17)22-20(23-19)21-15-16(2)3/h5-9,14,16H,4,10-13,15H2,1-3H3,(H,21,22,23). The van der Waals surface area contributed by atoms with Crippen LogP contribution >= 0.6 is 0 Å². The topological polar surface area (TPSA) is 44.3 Å². The van der Waals surface area contributed by atoms with Gasteiger partial charge < -0.3 is 15.1 Å². The van der Waals surface area contributed by atoms with Gasteiger partial charge in [0.25, 0.3) is 0 Å². The fraction of sp³-hybridized carbons (Fsp3) is 0.500. The largest absolute Gasteiger partial charge is 0.354 e. The number of piperazine rings is 1. The van der Waals surface area contributed by atoms with Crippen LogP contribution < -0.4 is 10.2 Å². The number of nitrogens with one attached hydrogen (secondary N) is 1. The summed E-state index contributed by atoms with van der Waals surface area (Å²) in [4.78, 5) is 14.4. The van der Waals surface area contributed by atoms with Crippen LogP contribution in [0.1, 0.15) is 20.8 Å². The zero-order valence-corrected chi connectivity index (χ0v) is 15.6. The van der Waals surface area contributed by atoms with Crippen molar-refractivity contribution in [1.29, 1.82) is 0 Å². The summed E-state index contributed by atoms with van der Waals surface area (Å²) in [6.45, 7) is 12.8. The highest BCUT2D eigenvalue weighted by Gasteiger charge is 2.18. The highest BCUT2D eigenvalue weighted by atomic mass is 15.3. The Balaban J connectivity index is 1.87. The van der Waals surface area contributed by atoms with Gasteiger partial charge >= 0.3 is 0 Å². The second-order valence-electron chi connectivity index (χ2n) is 7.00. The normalized spacial score (nSPS) is 15.6. The predicted octanol–water partition coefficient (Wildman–Crippen LogP) is 3.35. The third-order valence-corrected chi connectivity index (χ3v) is 4.59. The number of hydrogen-bond donors (Lipinski definition) is 1. The maximum Gasteiger partial charge on any atom is 0.225 e. The van der Waals surface area contributed by atoms with E-state index >= 15 is 0 Å². The Kier molecular flexibility index (Phi) is 5.87. The molecule has 0 bridgehead atoms. The highest BCUT2D eigenvalue weighted by molar-refractivity contribution is 5.64. The van der Waals surface area contributed by atoms with Crippen molar-refractivity contribution in [3.63, 3.8) is 0 Å². The van der Waals surface area contributed by atoms with Crippen LogP contribution in [0, 0.1) is 5.92 Å². The average Bonchev–Trinajstić information content (AvgIpc) is 2.67. The summed E-state index contributed by atoms with van der Waals surface area (Å²) in [5.74, 6) is 2.30. The number of aromatic nitrogens is 2. The molecule has 0 amide bonds. The van der Waals surface area contributed by atoms with Crippen LogP contribution in [-0.2, 0) is 0 Å². The molecule has 5 heteroatoms. The minimum atomic E-state index is 0.556. The molecular formula is C20H29N5. The quantitative estimate of drug-likeness (QED) is 0.874. The molecule has 3 rings (SSSR count). The van der Waals surface area contributed by atoms with E-state index in [-0.39, 0.29) is 0 Å². The lowest BCUT2D eigenvalue weighted by atomic mass is 10.1. The van der Waals surface area contributed by atoms with Gasteiger partial charge in [-0.1, -0.05) is 51.1 Å². The fourth-order valence-corrected chi connectivity index (χ4v) is 3.02. The zero-order chi connectivity index (χ0) is 17.6. The van der Waals surface area contributed by atoms with Crippen LogP contribution in [0.5, 0.6) is 0 Å². The summed E-state index contributed by atoms with van der Waals surface area (Å²) in [6.07, 6.45) is 0. The summed E-state index contributed by atoms with van der Waals surface area (Å²) in [5, 5.41) is 3.39. The molecular weight excluding hydrogens is 310 g/mol. The summed E-state index contributed by atoms with van der Waals surface area (Å²) in [5.41, 5.74) is 2.11. The van der Waals surface area contributed by atoms with Crippen molar-refractivity contribution < 1.29 is 0 Å². The van der Waals surface area contributed by atoms with Gasteiger partial charge in [0, 0.05) is 44.4 Å². The molecule has 1 aromatic heterocycles. The molecule has 1 saturated heterocycles. The fourth-order valence-electron chi connectivity index (χ4n) is 3.02. The molecule has 1 aliphatic rings. The second kappa shape index (κ2) is 8.30. The Bertz CT molecular complexity index is 663. The number of likely N-dealkylation sites (N-methyl/N-ethyl adjacent to an activating group) is 1. The van der Waals surface area contributed by atoms with Gasteiger partial charge in [0.15, 0.2) is 0 Å². The Labute approximate surface area is 151 Å². The number of nitrogens with zero attached hydrogens (tertiary/aromatic N) is 4. The van der Waals surface area contributed by atoms with Crippen LogP contribution in [-0.4, -0.2) is 54.1 Å². The lowest BCUT2D eigenvalue weighted by molar-refractivity contribution is 0.270. The molecule has 134 valence electrons. The minimum absolute atomic E-state index is 0.556. The molecule has 2 heterocycles. The molecule has 1 aromatic carbocycles. The van der Waals surface area contributed by atoms with Gasteiger partial charge in [0.05, 0.1) is 5.69 Å². The number of anilines is 2. The summed E-state index contributed by atoms with van der Waals surface area (Å²) < 4.78 is 0. The molecule has 5 nitrogen and oxygen atoms in total. The van der Waals surface area contributed by atoms with E-state index in [2.05, 4.69) is 66.2 Å².